The van der Waals surface area contributed by atoms with E-state index in [1.54, 1.807) is 19.1 Å². The second-order valence-electron chi connectivity index (χ2n) is 6.13. The molecule has 1 aromatic carbocycles. The van der Waals surface area contributed by atoms with Crippen molar-refractivity contribution in [2.75, 3.05) is 0 Å². The molecule has 2 aliphatic rings. The molecule has 1 aromatic rings. The average molecular weight is 367 g/mol. The smallest absolute Gasteiger partial charge is 0.356 e. The number of hydrogen-bond acceptors (Lipinski definition) is 6. The normalized spacial score (nSPS) is 24.0. The minimum atomic E-state index is -4.24. The number of aliphatic carboxylic acids is 1. The van der Waals surface area contributed by atoms with Crippen molar-refractivity contribution in [3.05, 3.63) is 41.3 Å². The average Bonchev–Trinajstić information content (AvgIpc) is 2.80. The number of hydrogen-bond donors (Lipinski definition) is 2. The summed E-state index contributed by atoms with van der Waals surface area (Å²) >= 11 is 0. The molecule has 1 saturated heterocycles. The first-order valence-corrected chi connectivity index (χ1v) is 9.03. The zero-order chi connectivity index (χ0) is 18.5. The fourth-order valence-corrected chi connectivity index (χ4v) is 4.53. The van der Waals surface area contributed by atoms with E-state index >= 15 is 0 Å². The molecule has 0 aliphatic carbocycles. The molecule has 0 saturated carbocycles. The van der Waals surface area contributed by atoms with Crippen molar-refractivity contribution in [3.8, 4) is 0 Å². The van der Waals surface area contributed by atoms with Crippen LogP contribution in [0.25, 0.3) is 0 Å². The lowest BCUT2D eigenvalue weighted by Gasteiger charge is -2.44. The second kappa shape index (κ2) is 5.85. The van der Waals surface area contributed by atoms with Crippen molar-refractivity contribution < 1.29 is 32.4 Å². The summed E-state index contributed by atoms with van der Waals surface area (Å²) in [4.78, 5) is 24.5. The fraction of sp³-hybridized carbons (Fsp3) is 0.375. The van der Waals surface area contributed by atoms with Gasteiger partial charge in [0, 0.05) is 6.42 Å². The van der Waals surface area contributed by atoms with Crippen LogP contribution in [0.2, 0.25) is 0 Å². The third-order valence-corrected chi connectivity index (χ3v) is 5.88. The van der Waals surface area contributed by atoms with Crippen LogP contribution >= 0.6 is 0 Å². The molecule has 3 unspecified atom stereocenters. The van der Waals surface area contributed by atoms with Crippen molar-refractivity contribution in [3.63, 3.8) is 0 Å². The van der Waals surface area contributed by atoms with Crippen LogP contribution in [0.15, 0.2) is 40.6 Å². The topological polar surface area (TPSA) is 121 Å². The molecule has 2 heterocycles. The number of aryl methyl sites for hydroxylation is 1. The minimum absolute atomic E-state index is 0.0695. The molecule has 0 radical (unpaired) electrons. The number of rotatable bonds is 5. The van der Waals surface area contributed by atoms with Gasteiger partial charge in [-0.15, -0.1) is 0 Å². The third-order valence-electron chi connectivity index (χ3n) is 4.46. The molecular formula is C16H17NO7S. The van der Waals surface area contributed by atoms with Crippen molar-refractivity contribution in [2.45, 2.75) is 37.3 Å². The highest BCUT2D eigenvalue weighted by molar-refractivity contribution is 7.87. The maximum absolute atomic E-state index is 12.5. The molecule has 0 spiro atoms. The number of carboxylic acid groups (broad SMARTS) is 1. The van der Waals surface area contributed by atoms with Crippen LogP contribution in [0.4, 0.5) is 0 Å². The molecule has 2 aliphatic heterocycles. The van der Waals surface area contributed by atoms with E-state index in [9.17, 15) is 28.2 Å². The van der Waals surface area contributed by atoms with Gasteiger partial charge in [-0.1, -0.05) is 18.2 Å². The fourth-order valence-electron chi connectivity index (χ4n) is 3.32. The van der Waals surface area contributed by atoms with Crippen LogP contribution in [0.1, 0.15) is 18.9 Å². The molecule has 1 amide bonds. The maximum atomic E-state index is 12.5. The zero-order valence-electron chi connectivity index (χ0n) is 13.5. The van der Waals surface area contributed by atoms with E-state index < -0.39 is 45.8 Å². The van der Waals surface area contributed by atoms with E-state index in [1.165, 1.54) is 19.1 Å². The van der Waals surface area contributed by atoms with Crippen LogP contribution in [0, 0.1) is 12.8 Å². The Hall–Kier alpha value is -2.39. The summed E-state index contributed by atoms with van der Waals surface area (Å²) in [5.41, 5.74) is -0.0248. The molecule has 3 atom stereocenters. The highest BCUT2D eigenvalue weighted by Gasteiger charge is 2.58. The van der Waals surface area contributed by atoms with Crippen molar-refractivity contribution >= 4 is 22.0 Å². The molecule has 0 bridgehead atoms. The first kappa shape index (κ1) is 17.4. The van der Waals surface area contributed by atoms with Crippen LogP contribution in [0.5, 0.6) is 0 Å². The Bertz CT molecular complexity index is 887. The third kappa shape index (κ3) is 2.69. The number of fused-ring (bicyclic) bond motifs is 1. The summed E-state index contributed by atoms with van der Waals surface area (Å²) in [7, 11) is -4.24. The number of carbonyl (C=O) groups excluding carboxylic acids is 1. The number of aliphatic hydroxyl groups excluding tert-OH is 1. The highest BCUT2D eigenvalue weighted by atomic mass is 32.2. The maximum Gasteiger partial charge on any atom is 0.356 e. The lowest BCUT2D eigenvalue weighted by molar-refractivity contribution is -0.161. The standard InChI is InChI=1S/C16H17NO7S/c1-8-5-3-4-6-12(8)25(22,23)24-11-7-10-13(9(2)18)15(19)17(10)14(11)16(20)21/h3-6,9-10,13,18H,7H2,1-2H3,(H,20,21). The Morgan fingerprint density at radius 1 is 1.36 bits per heavy atom. The van der Waals surface area contributed by atoms with Crippen LogP contribution in [-0.2, 0) is 23.9 Å². The van der Waals surface area contributed by atoms with E-state index in [1.807, 2.05) is 0 Å². The molecular weight excluding hydrogens is 350 g/mol. The Labute approximate surface area is 144 Å². The van der Waals surface area contributed by atoms with Crippen LogP contribution in [0.3, 0.4) is 0 Å². The van der Waals surface area contributed by atoms with Gasteiger partial charge in [-0.2, -0.15) is 8.42 Å². The first-order valence-electron chi connectivity index (χ1n) is 7.63. The summed E-state index contributed by atoms with van der Waals surface area (Å²) in [6.07, 6.45) is -1.04. The quantitative estimate of drug-likeness (QED) is 0.577. The number of carbonyl (C=O) groups is 2. The summed E-state index contributed by atoms with van der Waals surface area (Å²) in [5.74, 6) is -3.06. The van der Waals surface area contributed by atoms with Gasteiger partial charge in [-0.05, 0) is 25.5 Å². The Morgan fingerprint density at radius 3 is 2.56 bits per heavy atom. The molecule has 3 rings (SSSR count). The second-order valence-corrected chi connectivity index (χ2v) is 7.64. The van der Waals surface area contributed by atoms with Crippen molar-refractivity contribution in [1.82, 2.24) is 4.90 Å². The van der Waals surface area contributed by atoms with Gasteiger partial charge in [0.15, 0.2) is 11.5 Å². The summed E-state index contributed by atoms with van der Waals surface area (Å²) in [5, 5.41) is 19.1. The number of benzene rings is 1. The monoisotopic (exact) mass is 367 g/mol. The molecule has 0 aromatic heterocycles. The van der Waals surface area contributed by atoms with Crippen LogP contribution in [-0.4, -0.2) is 47.6 Å². The van der Waals surface area contributed by atoms with Gasteiger partial charge in [0.05, 0.1) is 18.1 Å². The van der Waals surface area contributed by atoms with Crippen molar-refractivity contribution in [2.24, 2.45) is 5.92 Å². The van der Waals surface area contributed by atoms with Crippen LogP contribution < -0.4 is 0 Å². The predicted octanol–water partition coefficient (Wildman–Crippen LogP) is 0.608. The number of amides is 1. The molecule has 2 N–H and O–H groups in total. The van der Waals surface area contributed by atoms with Gasteiger partial charge < -0.3 is 14.4 Å². The number of β-lactam (4-membered cyclic amide) rings is 1. The SMILES string of the molecule is Cc1ccccc1S(=O)(=O)OC1=C(C(=O)O)N2C(=O)C(C(C)O)C2C1. The summed E-state index contributed by atoms with van der Waals surface area (Å²) in [6.45, 7) is 3.03. The van der Waals surface area contributed by atoms with E-state index in [0.29, 0.717) is 5.56 Å². The largest absolute Gasteiger partial charge is 0.476 e. The van der Waals surface area contributed by atoms with Gasteiger partial charge in [0.2, 0.25) is 5.91 Å². The van der Waals surface area contributed by atoms with E-state index in [0.717, 1.165) is 4.90 Å². The van der Waals surface area contributed by atoms with E-state index in [4.69, 9.17) is 4.18 Å². The lowest BCUT2D eigenvalue weighted by atomic mass is 9.83. The Morgan fingerprint density at radius 2 is 2.00 bits per heavy atom. The Kier molecular flexibility index (Phi) is 4.08. The molecule has 8 nitrogen and oxygen atoms in total. The van der Waals surface area contributed by atoms with Gasteiger partial charge in [0.1, 0.15) is 4.90 Å². The number of aliphatic hydroxyl groups is 1. The van der Waals surface area contributed by atoms with Gasteiger partial charge in [-0.3, -0.25) is 9.69 Å². The van der Waals surface area contributed by atoms with Gasteiger partial charge >= 0.3 is 16.1 Å². The lowest BCUT2D eigenvalue weighted by Crippen LogP contribution is -2.61. The zero-order valence-corrected chi connectivity index (χ0v) is 14.4. The molecule has 134 valence electrons. The molecule has 1 fully saturated rings. The Balaban J connectivity index is 1.96. The molecule has 25 heavy (non-hydrogen) atoms. The minimum Gasteiger partial charge on any atom is -0.476 e. The first-order chi connectivity index (χ1) is 11.6. The van der Waals surface area contributed by atoms with Gasteiger partial charge in [0.25, 0.3) is 0 Å². The molecule has 9 heteroatoms. The number of nitrogens with zero attached hydrogens (tertiary/aromatic N) is 1. The highest BCUT2D eigenvalue weighted by Crippen LogP contribution is 2.44. The number of carboxylic acids is 1. The van der Waals surface area contributed by atoms with E-state index in [-0.39, 0.29) is 17.1 Å². The van der Waals surface area contributed by atoms with Gasteiger partial charge in [-0.25, -0.2) is 4.79 Å². The van der Waals surface area contributed by atoms with Crippen molar-refractivity contribution in [1.29, 1.82) is 0 Å². The summed E-state index contributed by atoms with van der Waals surface area (Å²) < 4.78 is 30.1. The summed E-state index contributed by atoms with van der Waals surface area (Å²) in [6, 6.07) is 5.55. The predicted molar refractivity (Wildman–Crippen MR) is 84.5 cm³/mol. The van der Waals surface area contributed by atoms with E-state index in [2.05, 4.69) is 0 Å².